The summed E-state index contributed by atoms with van der Waals surface area (Å²) in [5, 5.41) is 11.9. The lowest BCUT2D eigenvalue weighted by atomic mass is 10.1. The van der Waals surface area contributed by atoms with Crippen LogP contribution in [0.15, 0.2) is 59.8 Å². The molecule has 0 fully saturated rings. The van der Waals surface area contributed by atoms with Crippen molar-refractivity contribution in [3.05, 3.63) is 70.6 Å². The summed E-state index contributed by atoms with van der Waals surface area (Å²) >= 11 is 0. The molecule has 19 heavy (non-hydrogen) atoms. The zero-order valence-corrected chi connectivity index (χ0v) is 9.98. The Morgan fingerprint density at radius 3 is 2.21 bits per heavy atom. The number of rotatable bonds is 4. The first-order valence-corrected chi connectivity index (χ1v) is 5.64. The third-order valence-corrected chi connectivity index (χ3v) is 2.58. The predicted octanol–water partition coefficient (Wildman–Crippen LogP) is 3.69. The number of benzene rings is 2. The average Bonchev–Trinajstić information content (AvgIpc) is 2.46. The standard InChI is InChI=1S/C15H11NO3/c17-14-8-4-12(5-9-14)15(18)10-3-11-1-6-13(16-19)7-2-11/h1-10,17H/b10-3+. The molecule has 0 heterocycles. The van der Waals surface area contributed by atoms with Gasteiger partial charge < -0.3 is 5.11 Å². The summed E-state index contributed by atoms with van der Waals surface area (Å²) in [6.45, 7) is 0. The van der Waals surface area contributed by atoms with Gasteiger partial charge in [0.25, 0.3) is 0 Å². The Bertz CT molecular complexity index is 613. The second-order valence-corrected chi connectivity index (χ2v) is 3.93. The molecule has 0 aliphatic carbocycles. The molecule has 0 aliphatic heterocycles. The molecule has 4 heteroatoms. The fourth-order valence-electron chi connectivity index (χ4n) is 1.54. The van der Waals surface area contributed by atoms with Crippen LogP contribution in [0.25, 0.3) is 6.08 Å². The van der Waals surface area contributed by atoms with E-state index in [4.69, 9.17) is 5.11 Å². The molecular formula is C15H11NO3. The molecule has 94 valence electrons. The van der Waals surface area contributed by atoms with E-state index in [-0.39, 0.29) is 11.5 Å². The SMILES string of the molecule is O=Nc1ccc(/C=C/C(=O)c2ccc(O)cc2)cc1. The van der Waals surface area contributed by atoms with Crippen molar-refractivity contribution in [1.82, 2.24) is 0 Å². The molecule has 0 saturated carbocycles. The molecule has 0 aliphatic rings. The van der Waals surface area contributed by atoms with Gasteiger partial charge in [0, 0.05) is 5.56 Å². The minimum absolute atomic E-state index is 0.123. The number of phenolic OH excluding ortho intramolecular Hbond substituents is 1. The third-order valence-electron chi connectivity index (χ3n) is 2.58. The number of nitrogens with zero attached hydrogens (tertiary/aromatic N) is 1. The minimum Gasteiger partial charge on any atom is -0.508 e. The van der Waals surface area contributed by atoms with Gasteiger partial charge in [-0.1, -0.05) is 18.2 Å². The number of nitroso groups, excluding NO2 is 1. The van der Waals surface area contributed by atoms with Gasteiger partial charge in [-0.25, -0.2) is 0 Å². The maximum absolute atomic E-state index is 11.8. The molecule has 2 aromatic carbocycles. The van der Waals surface area contributed by atoms with E-state index in [1.807, 2.05) is 0 Å². The normalized spacial score (nSPS) is 10.5. The first-order chi connectivity index (χ1) is 9.19. The molecule has 0 atom stereocenters. The summed E-state index contributed by atoms with van der Waals surface area (Å²) in [6, 6.07) is 12.6. The molecule has 0 bridgehead atoms. The zero-order valence-electron chi connectivity index (χ0n) is 9.98. The smallest absolute Gasteiger partial charge is 0.185 e. The highest BCUT2D eigenvalue weighted by atomic mass is 16.3. The van der Waals surface area contributed by atoms with Crippen LogP contribution in [0.4, 0.5) is 5.69 Å². The van der Waals surface area contributed by atoms with Crippen LogP contribution in [0, 0.1) is 4.91 Å². The molecule has 0 saturated heterocycles. The number of phenols is 1. The van der Waals surface area contributed by atoms with Crippen LogP contribution in [-0.4, -0.2) is 10.9 Å². The van der Waals surface area contributed by atoms with E-state index in [9.17, 15) is 9.70 Å². The minimum atomic E-state index is -0.155. The first-order valence-electron chi connectivity index (χ1n) is 5.64. The van der Waals surface area contributed by atoms with Crippen LogP contribution in [0.2, 0.25) is 0 Å². The summed E-state index contributed by atoms with van der Waals surface area (Å²) < 4.78 is 0. The summed E-state index contributed by atoms with van der Waals surface area (Å²) in [4.78, 5) is 22.1. The van der Waals surface area contributed by atoms with E-state index in [1.54, 1.807) is 42.5 Å². The summed E-state index contributed by atoms with van der Waals surface area (Å²) in [5.41, 5.74) is 1.65. The van der Waals surface area contributed by atoms with Gasteiger partial charge in [-0.2, -0.15) is 0 Å². The van der Waals surface area contributed by atoms with Crippen molar-refractivity contribution in [2.75, 3.05) is 0 Å². The van der Waals surface area contributed by atoms with Crippen molar-refractivity contribution in [1.29, 1.82) is 0 Å². The average molecular weight is 253 g/mol. The second kappa shape index (κ2) is 5.73. The Hall–Kier alpha value is -2.75. The van der Waals surface area contributed by atoms with Crippen LogP contribution in [0.5, 0.6) is 5.75 Å². The van der Waals surface area contributed by atoms with E-state index < -0.39 is 0 Å². The number of carbonyl (C=O) groups excluding carboxylic acids is 1. The lowest BCUT2D eigenvalue weighted by Gasteiger charge is -1.96. The van der Waals surface area contributed by atoms with E-state index >= 15 is 0 Å². The van der Waals surface area contributed by atoms with Crippen molar-refractivity contribution < 1.29 is 9.90 Å². The number of carbonyl (C=O) groups is 1. The van der Waals surface area contributed by atoms with Gasteiger partial charge in [0.05, 0.1) is 0 Å². The van der Waals surface area contributed by atoms with Crippen LogP contribution < -0.4 is 0 Å². The number of hydrogen-bond acceptors (Lipinski definition) is 4. The highest BCUT2D eigenvalue weighted by Crippen LogP contribution is 2.14. The van der Waals surface area contributed by atoms with E-state index in [0.717, 1.165) is 5.56 Å². The fourth-order valence-corrected chi connectivity index (χ4v) is 1.54. The Morgan fingerprint density at radius 1 is 1.00 bits per heavy atom. The quantitative estimate of drug-likeness (QED) is 0.513. The molecule has 0 radical (unpaired) electrons. The van der Waals surface area contributed by atoms with Crippen molar-refractivity contribution in [3.63, 3.8) is 0 Å². The molecule has 0 aromatic heterocycles. The second-order valence-electron chi connectivity index (χ2n) is 3.93. The fraction of sp³-hybridized carbons (Fsp3) is 0. The topological polar surface area (TPSA) is 66.7 Å². The van der Waals surface area contributed by atoms with E-state index in [1.165, 1.54) is 18.2 Å². The molecule has 0 unspecified atom stereocenters. The van der Waals surface area contributed by atoms with Crippen LogP contribution in [0.1, 0.15) is 15.9 Å². The Kier molecular flexibility index (Phi) is 3.83. The van der Waals surface area contributed by atoms with E-state index in [0.29, 0.717) is 11.3 Å². The van der Waals surface area contributed by atoms with E-state index in [2.05, 4.69) is 5.18 Å². The Morgan fingerprint density at radius 2 is 1.63 bits per heavy atom. The van der Waals surface area contributed by atoms with Gasteiger partial charge in [-0.15, -0.1) is 4.91 Å². The molecular weight excluding hydrogens is 242 g/mol. The van der Waals surface area contributed by atoms with Gasteiger partial charge in [0.1, 0.15) is 11.4 Å². The van der Waals surface area contributed by atoms with Gasteiger partial charge in [0.15, 0.2) is 5.78 Å². The number of aromatic hydroxyl groups is 1. The monoisotopic (exact) mass is 253 g/mol. The zero-order chi connectivity index (χ0) is 13.7. The predicted molar refractivity (Wildman–Crippen MR) is 73.4 cm³/mol. The highest BCUT2D eigenvalue weighted by Gasteiger charge is 2.01. The molecule has 0 amide bonds. The van der Waals surface area contributed by atoms with Gasteiger partial charge in [-0.05, 0) is 53.2 Å². The Labute approximate surface area is 110 Å². The largest absolute Gasteiger partial charge is 0.508 e. The summed E-state index contributed by atoms with van der Waals surface area (Å²) in [6.07, 6.45) is 3.10. The number of hydrogen-bond donors (Lipinski definition) is 1. The van der Waals surface area contributed by atoms with Crippen molar-refractivity contribution in [2.45, 2.75) is 0 Å². The van der Waals surface area contributed by atoms with Crippen molar-refractivity contribution >= 4 is 17.5 Å². The lowest BCUT2D eigenvalue weighted by Crippen LogP contribution is -1.92. The van der Waals surface area contributed by atoms with Crippen molar-refractivity contribution in [3.8, 4) is 5.75 Å². The lowest BCUT2D eigenvalue weighted by molar-refractivity contribution is 0.104. The first kappa shape index (κ1) is 12.7. The molecule has 4 nitrogen and oxygen atoms in total. The Balaban J connectivity index is 2.10. The van der Waals surface area contributed by atoms with Crippen LogP contribution >= 0.6 is 0 Å². The maximum Gasteiger partial charge on any atom is 0.185 e. The van der Waals surface area contributed by atoms with Gasteiger partial charge in [0.2, 0.25) is 0 Å². The molecule has 0 spiro atoms. The highest BCUT2D eigenvalue weighted by molar-refractivity contribution is 6.06. The molecule has 2 aromatic rings. The summed E-state index contributed by atoms with van der Waals surface area (Å²) in [7, 11) is 0. The summed E-state index contributed by atoms with van der Waals surface area (Å²) in [5.74, 6) is -0.0323. The molecule has 1 N–H and O–H groups in total. The van der Waals surface area contributed by atoms with Crippen LogP contribution in [0.3, 0.4) is 0 Å². The number of ketones is 1. The third kappa shape index (κ3) is 3.35. The van der Waals surface area contributed by atoms with Crippen molar-refractivity contribution in [2.24, 2.45) is 5.18 Å². The van der Waals surface area contributed by atoms with Gasteiger partial charge >= 0.3 is 0 Å². The van der Waals surface area contributed by atoms with Gasteiger partial charge in [-0.3, -0.25) is 4.79 Å². The molecule has 2 rings (SSSR count). The maximum atomic E-state index is 11.8. The number of allylic oxidation sites excluding steroid dienone is 1. The van der Waals surface area contributed by atoms with Crippen LogP contribution in [-0.2, 0) is 0 Å².